The molecule has 0 aliphatic heterocycles. The largest absolute Gasteiger partial charge is 0.508 e. The summed E-state index contributed by atoms with van der Waals surface area (Å²) in [5.74, 6) is 0.827. The predicted molar refractivity (Wildman–Crippen MR) is 99.4 cm³/mol. The second kappa shape index (κ2) is 7.84. The summed E-state index contributed by atoms with van der Waals surface area (Å²) in [6.07, 6.45) is 2.99. The normalized spacial score (nSPS) is 10.4. The number of halogens is 1. The number of phenols is 1. The van der Waals surface area contributed by atoms with E-state index in [-0.39, 0.29) is 18.3 Å². The maximum Gasteiger partial charge on any atom is 0.262 e. The van der Waals surface area contributed by atoms with Crippen LogP contribution in [0.5, 0.6) is 11.5 Å². The summed E-state index contributed by atoms with van der Waals surface area (Å²) in [4.78, 5) is 20.4. The van der Waals surface area contributed by atoms with Crippen LogP contribution in [0.4, 0.5) is 5.69 Å². The monoisotopic (exact) mass is 369 g/mol. The molecule has 6 nitrogen and oxygen atoms in total. The van der Waals surface area contributed by atoms with Crippen LogP contribution in [0.2, 0.25) is 5.02 Å². The number of hydrogen-bond acceptors (Lipinski definition) is 5. The number of aromatic hydroxyl groups is 1. The number of carbonyl (C=O) groups excluding carboxylic acids is 1. The van der Waals surface area contributed by atoms with Crippen LogP contribution in [0.1, 0.15) is 5.56 Å². The van der Waals surface area contributed by atoms with E-state index in [4.69, 9.17) is 16.3 Å². The first kappa shape index (κ1) is 17.7. The predicted octanol–water partition coefficient (Wildman–Crippen LogP) is 3.83. The average molecular weight is 370 g/mol. The van der Waals surface area contributed by atoms with Crippen molar-refractivity contribution in [2.45, 2.75) is 6.92 Å². The van der Waals surface area contributed by atoms with Crippen LogP contribution >= 0.6 is 11.6 Å². The number of anilines is 1. The van der Waals surface area contributed by atoms with Gasteiger partial charge in [0.25, 0.3) is 5.91 Å². The Morgan fingerprint density at radius 2 is 1.96 bits per heavy atom. The van der Waals surface area contributed by atoms with Crippen molar-refractivity contribution in [3.05, 3.63) is 65.4 Å². The molecule has 2 N–H and O–H groups in total. The van der Waals surface area contributed by atoms with Crippen LogP contribution in [-0.2, 0) is 4.79 Å². The first-order valence-electron chi connectivity index (χ1n) is 7.81. The Labute approximate surface area is 155 Å². The highest BCUT2D eigenvalue weighted by molar-refractivity contribution is 6.31. The molecule has 0 radical (unpaired) electrons. The summed E-state index contributed by atoms with van der Waals surface area (Å²) in [6.45, 7) is 1.72. The standard InChI is InChI=1S/C19H16ClN3O3/c1-12-7-16(5-6-17(12)20)26-11-18(25)23-14-9-21-19(22-10-14)13-3-2-4-15(24)8-13/h2-10,24H,11H2,1H3,(H,23,25). The number of ether oxygens (including phenoxy) is 1. The molecule has 7 heteroatoms. The summed E-state index contributed by atoms with van der Waals surface area (Å²) in [6, 6.07) is 11.8. The summed E-state index contributed by atoms with van der Waals surface area (Å²) in [5.41, 5.74) is 2.01. The molecule has 132 valence electrons. The second-order valence-corrected chi connectivity index (χ2v) is 6.00. The fourth-order valence-electron chi connectivity index (χ4n) is 2.24. The molecule has 0 bridgehead atoms. The third-order valence-corrected chi connectivity index (χ3v) is 3.96. The lowest BCUT2D eigenvalue weighted by Crippen LogP contribution is -2.20. The Hall–Kier alpha value is -3.12. The van der Waals surface area contributed by atoms with E-state index in [1.165, 1.54) is 12.4 Å². The van der Waals surface area contributed by atoms with Crippen molar-refractivity contribution >= 4 is 23.2 Å². The molecule has 3 rings (SSSR count). The van der Waals surface area contributed by atoms with Gasteiger partial charge in [0.1, 0.15) is 11.5 Å². The second-order valence-electron chi connectivity index (χ2n) is 5.59. The Morgan fingerprint density at radius 3 is 2.65 bits per heavy atom. The van der Waals surface area contributed by atoms with E-state index < -0.39 is 0 Å². The van der Waals surface area contributed by atoms with Gasteiger partial charge < -0.3 is 15.2 Å². The van der Waals surface area contributed by atoms with Gasteiger partial charge in [-0.2, -0.15) is 0 Å². The number of nitrogens with zero attached hydrogens (tertiary/aromatic N) is 2. The van der Waals surface area contributed by atoms with Gasteiger partial charge in [0.05, 0.1) is 18.1 Å². The number of nitrogens with one attached hydrogen (secondary N) is 1. The number of benzene rings is 2. The topological polar surface area (TPSA) is 84.3 Å². The molecule has 0 saturated heterocycles. The number of aromatic nitrogens is 2. The van der Waals surface area contributed by atoms with Gasteiger partial charge in [-0.1, -0.05) is 23.7 Å². The van der Waals surface area contributed by atoms with Gasteiger partial charge in [0, 0.05) is 10.6 Å². The molecule has 1 aromatic heterocycles. The highest BCUT2D eigenvalue weighted by Crippen LogP contribution is 2.21. The van der Waals surface area contributed by atoms with Crippen LogP contribution in [0.15, 0.2) is 54.9 Å². The zero-order valence-electron chi connectivity index (χ0n) is 13.9. The smallest absolute Gasteiger partial charge is 0.262 e. The fourth-order valence-corrected chi connectivity index (χ4v) is 2.36. The lowest BCUT2D eigenvalue weighted by molar-refractivity contribution is -0.118. The highest BCUT2D eigenvalue weighted by Gasteiger charge is 2.07. The summed E-state index contributed by atoms with van der Waals surface area (Å²) in [5, 5.41) is 12.8. The van der Waals surface area contributed by atoms with Crippen molar-refractivity contribution in [1.29, 1.82) is 0 Å². The molecule has 0 aliphatic carbocycles. The van der Waals surface area contributed by atoms with Gasteiger partial charge in [0.15, 0.2) is 12.4 Å². The molecular weight excluding hydrogens is 354 g/mol. The molecule has 3 aromatic rings. The SMILES string of the molecule is Cc1cc(OCC(=O)Nc2cnc(-c3cccc(O)c3)nc2)ccc1Cl. The lowest BCUT2D eigenvalue weighted by Gasteiger charge is -2.08. The number of phenolic OH excluding ortho intramolecular Hbond substituents is 1. The van der Waals surface area contributed by atoms with Gasteiger partial charge in [-0.05, 0) is 42.8 Å². The first-order valence-corrected chi connectivity index (χ1v) is 8.19. The number of rotatable bonds is 5. The maximum absolute atomic E-state index is 12.0. The minimum absolute atomic E-state index is 0.137. The Bertz CT molecular complexity index is 930. The molecule has 0 saturated carbocycles. The van der Waals surface area contributed by atoms with Gasteiger partial charge in [-0.3, -0.25) is 4.79 Å². The number of hydrogen-bond donors (Lipinski definition) is 2. The van der Waals surface area contributed by atoms with Gasteiger partial charge in [-0.15, -0.1) is 0 Å². The Kier molecular flexibility index (Phi) is 5.34. The molecule has 1 amide bonds. The molecule has 0 atom stereocenters. The van der Waals surface area contributed by atoms with Gasteiger partial charge in [0.2, 0.25) is 0 Å². The number of amides is 1. The van der Waals surface area contributed by atoms with Crippen molar-refractivity contribution in [3.8, 4) is 22.9 Å². The molecule has 26 heavy (non-hydrogen) atoms. The van der Waals surface area contributed by atoms with Crippen LogP contribution in [-0.4, -0.2) is 27.6 Å². The molecule has 0 aliphatic rings. The van der Waals surface area contributed by atoms with Crippen molar-refractivity contribution in [3.63, 3.8) is 0 Å². The van der Waals surface area contributed by atoms with Gasteiger partial charge in [-0.25, -0.2) is 9.97 Å². The van der Waals surface area contributed by atoms with Crippen LogP contribution < -0.4 is 10.1 Å². The van der Waals surface area contributed by atoms with Crippen molar-refractivity contribution in [1.82, 2.24) is 9.97 Å². The van der Waals surface area contributed by atoms with Crippen molar-refractivity contribution < 1.29 is 14.6 Å². The van der Waals surface area contributed by atoms with E-state index in [1.807, 2.05) is 6.92 Å². The molecule has 2 aromatic carbocycles. The zero-order chi connectivity index (χ0) is 18.5. The molecule has 1 heterocycles. The minimum atomic E-state index is -0.327. The molecule has 0 spiro atoms. The Morgan fingerprint density at radius 1 is 1.19 bits per heavy atom. The van der Waals surface area contributed by atoms with Crippen LogP contribution in [0.3, 0.4) is 0 Å². The maximum atomic E-state index is 12.0. The Balaban J connectivity index is 1.58. The minimum Gasteiger partial charge on any atom is -0.508 e. The third kappa shape index (κ3) is 4.49. The van der Waals surface area contributed by atoms with E-state index in [2.05, 4.69) is 15.3 Å². The fraction of sp³-hybridized carbons (Fsp3) is 0.105. The summed E-state index contributed by atoms with van der Waals surface area (Å²) in [7, 11) is 0. The van der Waals surface area contributed by atoms with Gasteiger partial charge >= 0.3 is 0 Å². The molecular formula is C19H16ClN3O3. The van der Waals surface area contributed by atoms with E-state index in [1.54, 1.807) is 42.5 Å². The van der Waals surface area contributed by atoms with E-state index in [0.717, 1.165) is 5.56 Å². The molecule has 0 fully saturated rings. The van der Waals surface area contributed by atoms with Crippen LogP contribution in [0.25, 0.3) is 11.4 Å². The third-order valence-electron chi connectivity index (χ3n) is 3.54. The lowest BCUT2D eigenvalue weighted by atomic mass is 10.2. The average Bonchev–Trinajstić information content (AvgIpc) is 2.63. The number of aryl methyl sites for hydroxylation is 1. The van der Waals surface area contributed by atoms with Crippen molar-refractivity contribution in [2.75, 3.05) is 11.9 Å². The zero-order valence-corrected chi connectivity index (χ0v) is 14.7. The molecule has 0 unspecified atom stereocenters. The van der Waals surface area contributed by atoms with Crippen molar-refractivity contribution in [2.24, 2.45) is 0 Å². The summed E-state index contributed by atoms with van der Waals surface area (Å²) < 4.78 is 5.44. The quantitative estimate of drug-likeness (QED) is 0.714. The first-order chi connectivity index (χ1) is 12.5. The van der Waals surface area contributed by atoms with E-state index in [9.17, 15) is 9.90 Å². The van der Waals surface area contributed by atoms with Crippen LogP contribution in [0, 0.1) is 6.92 Å². The number of carbonyl (C=O) groups is 1. The summed E-state index contributed by atoms with van der Waals surface area (Å²) >= 11 is 5.95. The van der Waals surface area contributed by atoms with E-state index in [0.29, 0.717) is 27.8 Å². The highest BCUT2D eigenvalue weighted by atomic mass is 35.5. The van der Waals surface area contributed by atoms with E-state index >= 15 is 0 Å².